The third-order valence-corrected chi connectivity index (χ3v) is 7.47. The highest BCUT2D eigenvalue weighted by Crippen LogP contribution is 2.26. The molecule has 2 N–H and O–H groups in total. The molecule has 0 aliphatic carbocycles. The molecule has 212 valence electrons. The fourth-order valence-electron chi connectivity index (χ4n) is 5.48. The fourth-order valence-corrected chi connectivity index (χ4v) is 5.48. The molecular weight excluding hydrogens is 534 g/mol. The van der Waals surface area contributed by atoms with Crippen molar-refractivity contribution in [1.82, 2.24) is 19.4 Å². The van der Waals surface area contributed by atoms with E-state index in [1.54, 1.807) is 12.4 Å². The van der Waals surface area contributed by atoms with Crippen LogP contribution in [0.15, 0.2) is 59.8 Å². The molecule has 0 radical (unpaired) electrons. The number of aromatic nitrogens is 3. The summed E-state index contributed by atoms with van der Waals surface area (Å²) < 4.78 is 30.2. The Kier molecular flexibility index (Phi) is 9.05. The zero-order valence-electron chi connectivity index (χ0n) is 23.0. The van der Waals surface area contributed by atoms with Crippen molar-refractivity contribution in [3.8, 4) is 0 Å². The van der Waals surface area contributed by atoms with Gasteiger partial charge in [0.05, 0.1) is 17.4 Å². The smallest absolute Gasteiger partial charge is 0.193 e. The zero-order chi connectivity index (χ0) is 27.7. The van der Waals surface area contributed by atoms with Gasteiger partial charge in [-0.1, -0.05) is 0 Å². The summed E-state index contributed by atoms with van der Waals surface area (Å²) in [5.74, 6) is -1.49. The summed E-state index contributed by atoms with van der Waals surface area (Å²) in [6, 6.07) is 10.1. The lowest BCUT2D eigenvalue weighted by molar-refractivity contribution is 0.158. The van der Waals surface area contributed by atoms with Crippen LogP contribution in [0, 0.1) is 18.6 Å². The van der Waals surface area contributed by atoms with Gasteiger partial charge < -0.3 is 15.2 Å². The van der Waals surface area contributed by atoms with Crippen LogP contribution in [0.1, 0.15) is 49.6 Å². The molecule has 40 heavy (non-hydrogen) atoms. The number of hydrogen-bond donors (Lipinski definition) is 1. The van der Waals surface area contributed by atoms with Crippen LogP contribution in [-0.2, 0) is 13.1 Å². The van der Waals surface area contributed by atoms with Gasteiger partial charge in [-0.3, -0.25) is 14.7 Å². The molecule has 3 aromatic heterocycles. The Morgan fingerprint density at radius 3 is 2.58 bits per heavy atom. The maximum absolute atomic E-state index is 14.2. The van der Waals surface area contributed by atoms with Gasteiger partial charge in [0.1, 0.15) is 5.82 Å². The van der Waals surface area contributed by atoms with Gasteiger partial charge in [0.2, 0.25) is 0 Å². The summed E-state index contributed by atoms with van der Waals surface area (Å²) in [6.07, 6.45) is 7.36. The summed E-state index contributed by atoms with van der Waals surface area (Å²) >= 11 is 0. The minimum atomic E-state index is -1.02. The Hall–Kier alpha value is -3.56. The summed E-state index contributed by atoms with van der Waals surface area (Å²) in [5, 5.41) is 0.193. The summed E-state index contributed by atoms with van der Waals surface area (Å²) in [7, 11) is 0. The number of aryl methyl sites for hydroxylation is 1. The Morgan fingerprint density at radius 1 is 1.10 bits per heavy atom. The van der Waals surface area contributed by atoms with E-state index in [4.69, 9.17) is 5.73 Å². The molecule has 5 rings (SSSR count). The molecule has 0 unspecified atom stereocenters. The molecule has 10 heteroatoms. The monoisotopic (exact) mass is 568 g/mol. The van der Waals surface area contributed by atoms with E-state index in [-0.39, 0.29) is 35.3 Å². The van der Waals surface area contributed by atoms with E-state index in [2.05, 4.69) is 25.8 Å². The molecule has 0 bridgehead atoms. The Bertz CT molecular complexity index is 1540. The van der Waals surface area contributed by atoms with Crippen molar-refractivity contribution in [2.24, 2.45) is 0 Å². The van der Waals surface area contributed by atoms with Crippen molar-refractivity contribution in [3.63, 3.8) is 0 Å². The van der Waals surface area contributed by atoms with Gasteiger partial charge in [0, 0.05) is 73.4 Å². The van der Waals surface area contributed by atoms with Crippen LogP contribution in [0.4, 0.5) is 20.3 Å². The van der Waals surface area contributed by atoms with Crippen LogP contribution in [-0.4, -0.2) is 38.6 Å². The first-order valence-corrected chi connectivity index (χ1v) is 13.3. The summed E-state index contributed by atoms with van der Waals surface area (Å²) in [5.41, 5.74) is 9.53. The fraction of sp³-hybridized carbons (Fsp3) is 0.367. The highest BCUT2D eigenvalue weighted by molar-refractivity contribution is 5.85. The van der Waals surface area contributed by atoms with E-state index in [1.807, 2.05) is 49.7 Å². The van der Waals surface area contributed by atoms with E-state index in [0.29, 0.717) is 30.0 Å². The number of fused-ring (bicyclic) bond motifs is 1. The number of nitrogens with two attached hydrogens (primary N) is 1. The van der Waals surface area contributed by atoms with Gasteiger partial charge in [-0.25, -0.2) is 13.8 Å². The van der Waals surface area contributed by atoms with Gasteiger partial charge in [-0.05, 0) is 69.5 Å². The van der Waals surface area contributed by atoms with Gasteiger partial charge in [-0.15, -0.1) is 12.4 Å². The van der Waals surface area contributed by atoms with E-state index in [0.717, 1.165) is 55.0 Å². The minimum Gasteiger partial charge on any atom is -0.384 e. The molecule has 0 saturated carbocycles. The Labute approximate surface area is 239 Å². The number of piperidine rings is 1. The second-order valence-corrected chi connectivity index (χ2v) is 10.7. The van der Waals surface area contributed by atoms with E-state index in [9.17, 15) is 13.6 Å². The van der Waals surface area contributed by atoms with Crippen LogP contribution in [0.2, 0.25) is 0 Å². The predicted octanol–water partition coefficient (Wildman–Crippen LogP) is 5.63. The highest BCUT2D eigenvalue weighted by atomic mass is 35.5. The molecule has 0 amide bonds. The molecule has 1 fully saturated rings. The standard InChI is InChI=1S/C30H34F2N6O.ClH/c1-19(2)38-17-22(30(39)25-12-26(31)27(32)13-28(25)38)16-37(15-21-8-9-34-20(3)11-21)24-5-4-10-36(18-24)23-6-7-29(33)35-14-23;/h6-9,11-14,17,19,24H,4-5,10,15-16,18H2,1-3H3,(H2,33,35);1H/t24-;/m0./s1. The number of rotatable bonds is 7. The maximum Gasteiger partial charge on any atom is 0.193 e. The van der Waals surface area contributed by atoms with Gasteiger partial charge in [-0.2, -0.15) is 0 Å². The normalized spacial score (nSPS) is 15.6. The third kappa shape index (κ3) is 6.26. The third-order valence-electron chi connectivity index (χ3n) is 7.47. The first-order valence-electron chi connectivity index (χ1n) is 13.3. The van der Waals surface area contributed by atoms with Crippen LogP contribution in [0.5, 0.6) is 0 Å². The molecule has 1 atom stereocenters. The SMILES string of the molecule is Cc1cc(CN(Cc2cn(C(C)C)c3cc(F)c(F)cc3c2=O)[C@H]2CCCN(c3ccc(N)nc3)C2)ccn1.Cl. The maximum atomic E-state index is 14.2. The van der Waals surface area contributed by atoms with E-state index in [1.165, 1.54) is 0 Å². The molecule has 1 aromatic carbocycles. The number of anilines is 2. The first-order chi connectivity index (χ1) is 18.7. The minimum absolute atomic E-state index is 0. The van der Waals surface area contributed by atoms with Crippen LogP contribution in [0.25, 0.3) is 10.9 Å². The molecule has 1 saturated heterocycles. The Morgan fingerprint density at radius 2 is 1.88 bits per heavy atom. The molecule has 1 aliphatic rings. The number of hydrogen-bond acceptors (Lipinski definition) is 6. The van der Waals surface area contributed by atoms with Crippen molar-refractivity contribution in [1.29, 1.82) is 0 Å². The number of nitrogens with zero attached hydrogens (tertiary/aromatic N) is 5. The molecular formula is C30H35ClF2N6O. The lowest BCUT2D eigenvalue weighted by atomic mass is 10.0. The number of benzene rings is 1. The van der Waals surface area contributed by atoms with Crippen molar-refractivity contribution in [2.45, 2.75) is 58.8 Å². The van der Waals surface area contributed by atoms with Crippen LogP contribution in [0.3, 0.4) is 0 Å². The van der Waals surface area contributed by atoms with E-state index < -0.39 is 11.6 Å². The molecule has 1 aliphatic heterocycles. The van der Waals surface area contributed by atoms with Crippen molar-refractivity contribution in [2.75, 3.05) is 23.7 Å². The average Bonchev–Trinajstić information content (AvgIpc) is 2.91. The van der Waals surface area contributed by atoms with Gasteiger partial charge >= 0.3 is 0 Å². The van der Waals surface area contributed by atoms with Gasteiger partial charge in [0.25, 0.3) is 0 Å². The average molecular weight is 569 g/mol. The number of halogens is 3. The molecule has 0 spiro atoms. The van der Waals surface area contributed by atoms with Crippen LogP contribution < -0.4 is 16.1 Å². The zero-order valence-corrected chi connectivity index (χ0v) is 23.8. The molecule has 4 aromatic rings. The molecule has 7 nitrogen and oxygen atoms in total. The first kappa shape index (κ1) is 29.4. The predicted molar refractivity (Wildman–Crippen MR) is 158 cm³/mol. The van der Waals surface area contributed by atoms with Crippen molar-refractivity contribution >= 4 is 34.8 Å². The van der Waals surface area contributed by atoms with Crippen LogP contribution >= 0.6 is 12.4 Å². The molecule has 4 heterocycles. The van der Waals surface area contributed by atoms with Crippen molar-refractivity contribution in [3.05, 3.63) is 93.7 Å². The van der Waals surface area contributed by atoms with E-state index >= 15 is 0 Å². The highest BCUT2D eigenvalue weighted by Gasteiger charge is 2.27. The van der Waals surface area contributed by atoms with Gasteiger partial charge in [0.15, 0.2) is 17.1 Å². The number of pyridine rings is 3. The topological polar surface area (TPSA) is 80.3 Å². The summed E-state index contributed by atoms with van der Waals surface area (Å²) in [6.45, 7) is 8.56. The summed E-state index contributed by atoms with van der Waals surface area (Å²) in [4.78, 5) is 26.9. The lowest BCUT2D eigenvalue weighted by Crippen LogP contribution is -2.48. The number of nitrogen functional groups attached to an aromatic ring is 1. The second kappa shape index (κ2) is 12.3. The second-order valence-electron chi connectivity index (χ2n) is 10.7. The largest absolute Gasteiger partial charge is 0.384 e. The Balaban J connectivity index is 0.00000370. The quantitative estimate of drug-likeness (QED) is 0.311. The van der Waals surface area contributed by atoms with Crippen molar-refractivity contribution < 1.29 is 8.78 Å². The lowest BCUT2D eigenvalue weighted by Gasteiger charge is -2.40.